The number of carbonyl (C=O) groups is 1. The second-order valence-electron chi connectivity index (χ2n) is 5.17. The van der Waals surface area contributed by atoms with Gasteiger partial charge in [0.2, 0.25) is 5.91 Å². The smallest absolute Gasteiger partial charge is 0.221 e. The van der Waals surface area contributed by atoms with Crippen molar-refractivity contribution in [1.82, 2.24) is 5.32 Å². The Bertz CT molecular complexity index is 419. The molecular formula is C15H23ClN2O. The summed E-state index contributed by atoms with van der Waals surface area (Å²) in [6, 6.07) is 5.69. The van der Waals surface area contributed by atoms with Crippen molar-refractivity contribution in [3.63, 3.8) is 0 Å². The molecule has 0 bridgehead atoms. The van der Waals surface area contributed by atoms with E-state index in [-0.39, 0.29) is 5.91 Å². The zero-order valence-electron chi connectivity index (χ0n) is 11.9. The van der Waals surface area contributed by atoms with Gasteiger partial charge in [-0.05, 0) is 43.0 Å². The summed E-state index contributed by atoms with van der Waals surface area (Å²) < 4.78 is 0. The lowest BCUT2D eigenvalue weighted by Crippen LogP contribution is -2.27. The Hall–Kier alpha value is -1.22. The van der Waals surface area contributed by atoms with Gasteiger partial charge in [-0.15, -0.1) is 0 Å². The summed E-state index contributed by atoms with van der Waals surface area (Å²) in [5.41, 5.74) is 2.12. The number of amides is 1. The van der Waals surface area contributed by atoms with E-state index in [2.05, 4.69) is 24.5 Å². The molecule has 2 N–H and O–H groups in total. The fourth-order valence-corrected chi connectivity index (χ4v) is 1.95. The first-order chi connectivity index (χ1) is 8.99. The van der Waals surface area contributed by atoms with Gasteiger partial charge in [-0.2, -0.15) is 0 Å². The SMILES string of the molecule is Cc1cc(Cl)ccc1NCCC(=O)NCCC(C)C. The molecule has 4 heteroatoms. The van der Waals surface area contributed by atoms with E-state index < -0.39 is 0 Å². The number of hydrogen-bond acceptors (Lipinski definition) is 2. The summed E-state index contributed by atoms with van der Waals surface area (Å²) in [5, 5.41) is 6.91. The Morgan fingerprint density at radius 2 is 2.05 bits per heavy atom. The second kappa shape index (κ2) is 8.05. The number of carbonyl (C=O) groups excluding carboxylic acids is 1. The molecule has 0 unspecified atom stereocenters. The van der Waals surface area contributed by atoms with E-state index in [1.165, 1.54) is 0 Å². The minimum atomic E-state index is 0.0970. The monoisotopic (exact) mass is 282 g/mol. The van der Waals surface area contributed by atoms with Crippen molar-refractivity contribution in [2.24, 2.45) is 5.92 Å². The molecule has 0 saturated heterocycles. The van der Waals surface area contributed by atoms with Crippen molar-refractivity contribution >= 4 is 23.2 Å². The van der Waals surface area contributed by atoms with Gasteiger partial charge in [0.05, 0.1) is 0 Å². The molecule has 0 aromatic heterocycles. The Labute approximate surface area is 120 Å². The Morgan fingerprint density at radius 3 is 2.68 bits per heavy atom. The molecule has 0 aliphatic rings. The lowest BCUT2D eigenvalue weighted by atomic mass is 10.1. The third-order valence-corrected chi connectivity index (χ3v) is 3.13. The van der Waals surface area contributed by atoms with Crippen molar-refractivity contribution in [2.45, 2.75) is 33.6 Å². The van der Waals surface area contributed by atoms with Crippen molar-refractivity contribution in [2.75, 3.05) is 18.4 Å². The third kappa shape index (κ3) is 6.48. The summed E-state index contributed by atoms with van der Waals surface area (Å²) in [6.07, 6.45) is 1.51. The molecule has 1 rings (SSSR count). The highest BCUT2D eigenvalue weighted by molar-refractivity contribution is 6.30. The number of anilines is 1. The van der Waals surface area contributed by atoms with Crippen LogP contribution in [0.3, 0.4) is 0 Å². The van der Waals surface area contributed by atoms with Crippen LogP contribution in [0.5, 0.6) is 0 Å². The predicted octanol–water partition coefficient (Wildman–Crippen LogP) is 3.61. The number of benzene rings is 1. The van der Waals surface area contributed by atoms with Crippen molar-refractivity contribution in [3.05, 3.63) is 28.8 Å². The van der Waals surface area contributed by atoms with Crippen LogP contribution in [0.2, 0.25) is 5.02 Å². The third-order valence-electron chi connectivity index (χ3n) is 2.90. The minimum Gasteiger partial charge on any atom is -0.384 e. The maximum absolute atomic E-state index is 11.6. The zero-order valence-corrected chi connectivity index (χ0v) is 12.7. The van der Waals surface area contributed by atoms with E-state index in [0.29, 0.717) is 18.9 Å². The molecule has 0 fully saturated rings. The summed E-state index contributed by atoms with van der Waals surface area (Å²) >= 11 is 5.89. The maximum atomic E-state index is 11.6. The topological polar surface area (TPSA) is 41.1 Å². The van der Waals surface area contributed by atoms with Crippen LogP contribution in [0, 0.1) is 12.8 Å². The molecule has 0 saturated carbocycles. The van der Waals surface area contributed by atoms with Crippen molar-refractivity contribution in [3.8, 4) is 0 Å². The lowest BCUT2D eigenvalue weighted by molar-refractivity contribution is -0.120. The molecule has 1 amide bonds. The fraction of sp³-hybridized carbons (Fsp3) is 0.533. The standard InChI is InChI=1S/C15H23ClN2O/c1-11(2)6-8-18-15(19)7-9-17-14-5-4-13(16)10-12(14)3/h4-5,10-11,17H,6-9H2,1-3H3,(H,18,19). The van der Waals surface area contributed by atoms with Gasteiger partial charge in [-0.3, -0.25) is 4.79 Å². The summed E-state index contributed by atoms with van der Waals surface area (Å²) in [5.74, 6) is 0.718. The average molecular weight is 283 g/mol. The zero-order chi connectivity index (χ0) is 14.3. The highest BCUT2D eigenvalue weighted by Crippen LogP contribution is 2.19. The van der Waals surface area contributed by atoms with Gasteiger partial charge in [0.1, 0.15) is 0 Å². The molecule has 0 atom stereocenters. The van der Waals surface area contributed by atoms with Gasteiger partial charge in [0.15, 0.2) is 0 Å². The van der Waals surface area contributed by atoms with E-state index in [0.717, 1.165) is 29.2 Å². The van der Waals surface area contributed by atoms with Gasteiger partial charge in [0, 0.05) is 30.2 Å². The molecule has 0 heterocycles. The first-order valence-electron chi connectivity index (χ1n) is 6.75. The largest absolute Gasteiger partial charge is 0.384 e. The highest BCUT2D eigenvalue weighted by atomic mass is 35.5. The fourth-order valence-electron chi connectivity index (χ4n) is 1.72. The Morgan fingerprint density at radius 1 is 1.32 bits per heavy atom. The highest BCUT2D eigenvalue weighted by Gasteiger charge is 2.03. The Kier molecular flexibility index (Phi) is 6.71. The number of rotatable bonds is 7. The maximum Gasteiger partial charge on any atom is 0.221 e. The number of halogens is 1. The molecule has 3 nitrogen and oxygen atoms in total. The van der Waals surface area contributed by atoms with E-state index >= 15 is 0 Å². The molecule has 0 radical (unpaired) electrons. The van der Waals surface area contributed by atoms with Gasteiger partial charge in [-0.25, -0.2) is 0 Å². The van der Waals surface area contributed by atoms with E-state index in [9.17, 15) is 4.79 Å². The molecule has 19 heavy (non-hydrogen) atoms. The van der Waals surface area contributed by atoms with Crippen LogP contribution in [0.4, 0.5) is 5.69 Å². The second-order valence-corrected chi connectivity index (χ2v) is 5.60. The lowest BCUT2D eigenvalue weighted by Gasteiger charge is -2.10. The van der Waals surface area contributed by atoms with E-state index in [1.54, 1.807) is 0 Å². The van der Waals surface area contributed by atoms with Crippen LogP contribution in [0.25, 0.3) is 0 Å². The van der Waals surface area contributed by atoms with Crippen LogP contribution in [0.15, 0.2) is 18.2 Å². The van der Waals surface area contributed by atoms with Crippen molar-refractivity contribution < 1.29 is 4.79 Å². The quantitative estimate of drug-likeness (QED) is 0.802. The molecule has 1 aromatic carbocycles. The molecule has 1 aromatic rings. The minimum absolute atomic E-state index is 0.0970. The van der Waals surface area contributed by atoms with Crippen LogP contribution < -0.4 is 10.6 Å². The molecule has 0 aliphatic heterocycles. The van der Waals surface area contributed by atoms with Gasteiger partial charge in [-0.1, -0.05) is 25.4 Å². The molecule has 0 spiro atoms. The molecule has 106 valence electrons. The summed E-state index contributed by atoms with van der Waals surface area (Å²) in [6.45, 7) is 7.69. The summed E-state index contributed by atoms with van der Waals surface area (Å²) in [4.78, 5) is 11.6. The first kappa shape index (κ1) is 15.8. The van der Waals surface area contributed by atoms with E-state index in [1.807, 2.05) is 25.1 Å². The number of nitrogens with one attached hydrogen (secondary N) is 2. The van der Waals surface area contributed by atoms with Crippen LogP contribution in [0.1, 0.15) is 32.3 Å². The summed E-state index contributed by atoms with van der Waals surface area (Å²) in [7, 11) is 0. The van der Waals surface area contributed by atoms with Gasteiger partial charge >= 0.3 is 0 Å². The van der Waals surface area contributed by atoms with Gasteiger partial charge < -0.3 is 10.6 Å². The Balaban J connectivity index is 2.24. The van der Waals surface area contributed by atoms with Crippen molar-refractivity contribution in [1.29, 1.82) is 0 Å². The van der Waals surface area contributed by atoms with Gasteiger partial charge in [0.25, 0.3) is 0 Å². The van der Waals surface area contributed by atoms with Crippen LogP contribution >= 0.6 is 11.6 Å². The number of aryl methyl sites for hydroxylation is 1. The molecule has 0 aliphatic carbocycles. The van der Waals surface area contributed by atoms with Crippen LogP contribution in [-0.4, -0.2) is 19.0 Å². The normalized spacial score (nSPS) is 10.6. The number of hydrogen-bond donors (Lipinski definition) is 2. The van der Waals surface area contributed by atoms with E-state index in [4.69, 9.17) is 11.6 Å². The first-order valence-corrected chi connectivity index (χ1v) is 7.13. The average Bonchev–Trinajstić information content (AvgIpc) is 2.31. The predicted molar refractivity (Wildman–Crippen MR) is 81.8 cm³/mol. The van der Waals surface area contributed by atoms with Crippen LogP contribution in [-0.2, 0) is 4.79 Å². The molecular weight excluding hydrogens is 260 g/mol.